The summed E-state index contributed by atoms with van der Waals surface area (Å²) >= 11 is 0. The average molecular weight is 697 g/mol. The van der Waals surface area contributed by atoms with E-state index in [1.165, 1.54) is 0 Å². The molecule has 228 valence electrons. The second kappa shape index (κ2) is 9.43. The predicted molar refractivity (Wildman–Crippen MR) is 158 cm³/mol. The zero-order chi connectivity index (χ0) is 32.2. The van der Waals surface area contributed by atoms with Crippen molar-refractivity contribution < 1.29 is 50.5 Å². The average Bonchev–Trinajstić information content (AvgIpc) is 2.78. The van der Waals surface area contributed by atoms with Crippen LogP contribution in [0.5, 0.6) is 0 Å². The fourth-order valence-corrected chi connectivity index (χ4v) is 12.0. The molecule has 0 radical (unpaired) electrons. The van der Waals surface area contributed by atoms with Crippen LogP contribution in [0.1, 0.15) is 0 Å². The molecule has 4 aromatic rings. The highest BCUT2D eigenvalue weighted by molar-refractivity contribution is 7.94. The molecule has 4 aromatic carbocycles. The van der Waals surface area contributed by atoms with Gasteiger partial charge in [-0.2, -0.15) is 0 Å². The second-order valence-corrected chi connectivity index (χ2v) is 22.1. The highest BCUT2D eigenvalue weighted by atomic mass is 32.2. The predicted octanol–water partition coefficient (Wildman–Crippen LogP) is 1.57. The van der Waals surface area contributed by atoms with Crippen molar-refractivity contribution in [1.82, 2.24) is 0 Å². The fourth-order valence-electron chi connectivity index (χ4n) is 4.76. The lowest BCUT2D eigenvalue weighted by Crippen LogP contribution is -2.10. The van der Waals surface area contributed by atoms with E-state index >= 15 is 0 Å². The van der Waals surface area contributed by atoms with Crippen LogP contribution in [0.25, 0.3) is 32.3 Å². The molecule has 12 nitrogen and oxygen atoms in total. The molecule has 0 saturated carbocycles. The molecule has 0 heterocycles. The van der Waals surface area contributed by atoms with Crippen LogP contribution < -0.4 is 0 Å². The van der Waals surface area contributed by atoms with Crippen LogP contribution in [0.3, 0.4) is 0 Å². The van der Waals surface area contributed by atoms with E-state index in [-0.39, 0.29) is 32.3 Å². The number of fused-ring (bicyclic) bond motifs is 6. The van der Waals surface area contributed by atoms with Gasteiger partial charge in [-0.3, -0.25) is 0 Å². The quantitative estimate of drug-likeness (QED) is 0.264. The first-order valence-electron chi connectivity index (χ1n) is 11.4. The summed E-state index contributed by atoms with van der Waals surface area (Å²) in [5, 5.41) is -0.323. The molecule has 0 atom stereocenters. The highest BCUT2D eigenvalue weighted by Gasteiger charge is 2.29. The van der Waals surface area contributed by atoms with Crippen molar-refractivity contribution in [3.8, 4) is 0 Å². The first-order chi connectivity index (χ1) is 18.6. The minimum absolute atomic E-state index is 0.0539. The van der Waals surface area contributed by atoms with Gasteiger partial charge in [-0.25, -0.2) is 50.5 Å². The van der Waals surface area contributed by atoms with E-state index in [4.69, 9.17) is 0 Å². The van der Waals surface area contributed by atoms with E-state index in [0.717, 1.165) is 73.9 Å². The van der Waals surface area contributed by atoms with E-state index in [9.17, 15) is 50.5 Å². The summed E-state index contributed by atoms with van der Waals surface area (Å²) in [4.78, 5) is -3.82. The number of benzene rings is 4. The van der Waals surface area contributed by atoms with Crippen LogP contribution >= 0.6 is 0 Å². The van der Waals surface area contributed by atoms with Crippen LogP contribution in [-0.2, 0) is 59.0 Å². The van der Waals surface area contributed by atoms with Gasteiger partial charge in [0.1, 0.15) is 0 Å². The van der Waals surface area contributed by atoms with Gasteiger partial charge in [0.15, 0.2) is 59.0 Å². The summed E-state index contributed by atoms with van der Waals surface area (Å²) in [6.45, 7) is 0. The van der Waals surface area contributed by atoms with Gasteiger partial charge in [-0.15, -0.1) is 0 Å². The van der Waals surface area contributed by atoms with Crippen molar-refractivity contribution in [3.05, 3.63) is 36.4 Å². The number of sulfone groups is 6. The Bertz CT molecular complexity index is 2080. The maximum atomic E-state index is 12.7. The van der Waals surface area contributed by atoms with Gasteiger partial charge in [0, 0.05) is 37.5 Å². The van der Waals surface area contributed by atoms with Crippen LogP contribution in [0.15, 0.2) is 65.8 Å². The monoisotopic (exact) mass is 696 g/mol. The van der Waals surface area contributed by atoms with E-state index in [1.807, 2.05) is 0 Å². The first kappa shape index (κ1) is 32.3. The Balaban J connectivity index is 2.58. The molecular weight excluding hydrogens is 673 g/mol. The minimum atomic E-state index is -4.23. The third-order valence-electron chi connectivity index (χ3n) is 6.52. The topological polar surface area (TPSA) is 205 Å². The van der Waals surface area contributed by atoms with E-state index in [1.54, 1.807) is 0 Å². The molecule has 18 heteroatoms. The maximum absolute atomic E-state index is 12.7. The van der Waals surface area contributed by atoms with Crippen molar-refractivity contribution in [2.75, 3.05) is 37.5 Å². The number of hydrogen-bond donors (Lipinski definition) is 0. The Morgan fingerprint density at radius 2 is 0.357 bits per heavy atom. The van der Waals surface area contributed by atoms with Crippen LogP contribution in [0, 0.1) is 0 Å². The van der Waals surface area contributed by atoms with E-state index in [0.29, 0.717) is 0 Å². The zero-order valence-corrected chi connectivity index (χ0v) is 27.7. The smallest absolute Gasteiger partial charge is 0.176 e. The molecule has 0 N–H and O–H groups in total. The molecule has 0 aliphatic rings. The Kier molecular flexibility index (Phi) is 7.25. The molecule has 0 aliphatic carbocycles. The minimum Gasteiger partial charge on any atom is -0.224 e. The number of hydrogen-bond acceptors (Lipinski definition) is 12. The molecule has 0 spiro atoms. The van der Waals surface area contributed by atoms with Gasteiger partial charge in [0.05, 0.1) is 29.4 Å². The molecule has 4 rings (SSSR count). The Morgan fingerprint density at radius 1 is 0.262 bits per heavy atom. The van der Waals surface area contributed by atoms with Crippen molar-refractivity contribution in [2.45, 2.75) is 29.4 Å². The normalized spacial score (nSPS) is 14.1. The SMILES string of the molecule is CS(=O)(=O)c1cc2c3cc(S(C)(=O)=O)c(S(C)(=O)=O)cc3c3cc(S(C)(=O)=O)c(S(C)(=O)=O)cc3c2cc1S(C)(=O)=O. The molecule has 0 bridgehead atoms. The fraction of sp³-hybridized carbons (Fsp3) is 0.250. The van der Waals surface area contributed by atoms with Crippen molar-refractivity contribution in [1.29, 1.82) is 0 Å². The Hall–Kier alpha value is -2.64. The lowest BCUT2D eigenvalue weighted by atomic mass is 9.94. The molecule has 0 saturated heterocycles. The molecule has 0 aliphatic heterocycles. The second-order valence-electron chi connectivity index (χ2n) is 10.2. The lowest BCUT2D eigenvalue weighted by Gasteiger charge is -2.18. The summed E-state index contributed by atoms with van der Waals surface area (Å²) < 4.78 is 153. The van der Waals surface area contributed by atoms with Gasteiger partial charge >= 0.3 is 0 Å². The molecule has 42 heavy (non-hydrogen) atoms. The third-order valence-corrected chi connectivity index (χ3v) is 13.7. The maximum Gasteiger partial charge on any atom is 0.176 e. The van der Waals surface area contributed by atoms with Gasteiger partial charge < -0.3 is 0 Å². The van der Waals surface area contributed by atoms with Crippen LogP contribution in [0.4, 0.5) is 0 Å². The van der Waals surface area contributed by atoms with Gasteiger partial charge in [0.2, 0.25) is 0 Å². The molecule has 0 unspecified atom stereocenters. The lowest BCUT2D eigenvalue weighted by molar-refractivity contribution is 0.589. The molecule has 0 amide bonds. The van der Waals surface area contributed by atoms with Crippen molar-refractivity contribution in [3.63, 3.8) is 0 Å². The van der Waals surface area contributed by atoms with Gasteiger partial charge in [-0.05, 0) is 68.7 Å². The Morgan fingerprint density at radius 3 is 0.429 bits per heavy atom. The highest BCUT2D eigenvalue weighted by Crippen LogP contribution is 2.43. The summed E-state index contributed by atoms with van der Waals surface area (Å²) in [7, 11) is -25.4. The van der Waals surface area contributed by atoms with Gasteiger partial charge in [-0.1, -0.05) is 0 Å². The van der Waals surface area contributed by atoms with Crippen LogP contribution in [0.2, 0.25) is 0 Å². The summed E-state index contributed by atoms with van der Waals surface area (Å²) in [6.07, 6.45) is 4.56. The summed E-state index contributed by atoms with van der Waals surface area (Å²) in [5.74, 6) is 0. The van der Waals surface area contributed by atoms with Crippen LogP contribution in [-0.4, -0.2) is 88.0 Å². The van der Waals surface area contributed by atoms with Gasteiger partial charge in [0.25, 0.3) is 0 Å². The van der Waals surface area contributed by atoms with Crippen molar-refractivity contribution >= 4 is 91.3 Å². The summed E-state index contributed by atoms with van der Waals surface area (Å²) in [5.41, 5.74) is 0. The molecule has 0 aromatic heterocycles. The largest absolute Gasteiger partial charge is 0.224 e. The van der Waals surface area contributed by atoms with E-state index in [2.05, 4.69) is 0 Å². The van der Waals surface area contributed by atoms with E-state index < -0.39 is 88.4 Å². The first-order valence-corrected chi connectivity index (χ1v) is 22.7. The Labute approximate surface area is 243 Å². The standard InChI is InChI=1S/C24H24O12S6/c1-37(25,26)19-7-13-14(8-20(19)38(2,27)28)16-10-22(40(4,31)32)24(42(6,35)36)12-18(16)17-11-23(41(5,33)34)21(9-15(13)17)39(3,29)30/h7-12H,1-6H3. The zero-order valence-electron chi connectivity index (χ0n) is 22.8. The third kappa shape index (κ3) is 5.67. The van der Waals surface area contributed by atoms with Crippen molar-refractivity contribution in [2.24, 2.45) is 0 Å². The molecular formula is C24H24O12S6. The summed E-state index contributed by atoms with van der Waals surface area (Å²) in [6, 6.07) is 5.91. The number of rotatable bonds is 6. The molecule has 0 fully saturated rings.